The number of amides is 1. The van der Waals surface area contributed by atoms with Crippen LogP contribution in [0, 0.1) is 6.92 Å². The second kappa shape index (κ2) is 8.19. The summed E-state index contributed by atoms with van der Waals surface area (Å²) in [5.41, 5.74) is 7.45. The van der Waals surface area contributed by atoms with E-state index >= 15 is 0 Å². The minimum absolute atomic E-state index is 0.104. The molecule has 0 unspecified atom stereocenters. The van der Waals surface area contributed by atoms with Gasteiger partial charge in [0.25, 0.3) is 5.91 Å². The molecule has 0 atom stereocenters. The highest BCUT2D eigenvalue weighted by Crippen LogP contribution is 2.18. The first kappa shape index (κ1) is 20.4. The molecule has 0 aliphatic rings. The summed E-state index contributed by atoms with van der Waals surface area (Å²) in [6, 6.07) is 10.6. The lowest BCUT2D eigenvalue weighted by Crippen LogP contribution is -2.23. The number of nitrogen functional groups attached to an aromatic ring is 1. The molecule has 0 heterocycles. The zero-order chi connectivity index (χ0) is 20.2. The molecular formula is C18H21N3O5S. The summed E-state index contributed by atoms with van der Waals surface area (Å²) in [4.78, 5) is 24.1. The van der Waals surface area contributed by atoms with Crippen molar-refractivity contribution in [3.8, 4) is 0 Å². The number of anilines is 2. The fourth-order valence-electron chi connectivity index (χ4n) is 2.19. The van der Waals surface area contributed by atoms with E-state index in [4.69, 9.17) is 10.5 Å². The van der Waals surface area contributed by atoms with Gasteiger partial charge in [-0.3, -0.25) is 4.79 Å². The average molecular weight is 391 g/mol. The largest absolute Gasteiger partial charge is 0.452 e. The van der Waals surface area contributed by atoms with Crippen LogP contribution in [0.4, 0.5) is 11.4 Å². The van der Waals surface area contributed by atoms with Crippen LogP contribution in [-0.2, 0) is 19.6 Å². The third kappa shape index (κ3) is 4.83. The Kier molecular flexibility index (Phi) is 6.19. The van der Waals surface area contributed by atoms with Gasteiger partial charge in [0.15, 0.2) is 6.61 Å². The first-order valence-electron chi connectivity index (χ1n) is 7.97. The second-order valence-electron chi connectivity index (χ2n) is 5.97. The predicted octanol–water partition coefficient (Wildman–Crippen LogP) is 1.62. The predicted molar refractivity (Wildman–Crippen MR) is 102 cm³/mol. The zero-order valence-electron chi connectivity index (χ0n) is 15.2. The lowest BCUT2D eigenvalue weighted by molar-refractivity contribution is -0.119. The standard InChI is InChI=1S/C18H21N3O5S/c1-12-5-4-6-15(17(12)19)18(23)26-11-16(22)20-13-7-9-14(10-8-13)27(24,25)21(2)3/h4-10H,11,19H2,1-3H3,(H,20,22). The maximum Gasteiger partial charge on any atom is 0.340 e. The van der Waals surface area contributed by atoms with Gasteiger partial charge in [-0.15, -0.1) is 0 Å². The number of aryl methyl sites for hydroxylation is 1. The Morgan fingerprint density at radius 2 is 1.74 bits per heavy atom. The van der Waals surface area contributed by atoms with Crippen LogP contribution in [0.3, 0.4) is 0 Å². The molecule has 0 aliphatic heterocycles. The van der Waals surface area contributed by atoms with Crippen molar-refractivity contribution in [1.82, 2.24) is 4.31 Å². The Balaban J connectivity index is 1.96. The highest BCUT2D eigenvalue weighted by Gasteiger charge is 2.17. The summed E-state index contributed by atoms with van der Waals surface area (Å²) in [5.74, 6) is -1.25. The van der Waals surface area contributed by atoms with Gasteiger partial charge in [0, 0.05) is 25.5 Å². The van der Waals surface area contributed by atoms with Crippen molar-refractivity contribution < 1.29 is 22.7 Å². The van der Waals surface area contributed by atoms with E-state index in [1.54, 1.807) is 19.1 Å². The van der Waals surface area contributed by atoms with Crippen LogP contribution in [0.5, 0.6) is 0 Å². The maximum absolute atomic E-state index is 12.0. The van der Waals surface area contributed by atoms with Gasteiger partial charge in [-0.1, -0.05) is 12.1 Å². The summed E-state index contributed by atoms with van der Waals surface area (Å²) in [7, 11) is -0.681. The molecular weight excluding hydrogens is 370 g/mol. The lowest BCUT2D eigenvalue weighted by Gasteiger charge is -2.12. The number of hydrogen-bond acceptors (Lipinski definition) is 6. The number of nitrogens with one attached hydrogen (secondary N) is 1. The van der Waals surface area contributed by atoms with Crippen LogP contribution in [-0.4, -0.2) is 45.3 Å². The molecule has 1 amide bonds. The first-order valence-corrected chi connectivity index (χ1v) is 9.41. The third-order valence-electron chi connectivity index (χ3n) is 3.80. The van der Waals surface area contributed by atoms with Crippen LogP contribution < -0.4 is 11.1 Å². The Hall–Kier alpha value is -2.91. The Labute approximate surface area is 158 Å². The van der Waals surface area contributed by atoms with Gasteiger partial charge in [-0.2, -0.15) is 0 Å². The molecule has 9 heteroatoms. The maximum atomic E-state index is 12.0. The van der Waals surface area contributed by atoms with Crippen molar-refractivity contribution >= 4 is 33.3 Å². The summed E-state index contributed by atoms with van der Waals surface area (Å²) >= 11 is 0. The first-order chi connectivity index (χ1) is 12.6. The van der Waals surface area contributed by atoms with Gasteiger partial charge in [-0.05, 0) is 42.8 Å². The van der Waals surface area contributed by atoms with Crippen molar-refractivity contribution in [2.24, 2.45) is 0 Å². The minimum Gasteiger partial charge on any atom is -0.452 e. The fraction of sp³-hybridized carbons (Fsp3) is 0.222. The molecule has 0 saturated heterocycles. The van der Waals surface area contributed by atoms with E-state index in [9.17, 15) is 18.0 Å². The molecule has 3 N–H and O–H groups in total. The van der Waals surface area contributed by atoms with Gasteiger partial charge >= 0.3 is 5.97 Å². The molecule has 2 aromatic carbocycles. The highest BCUT2D eigenvalue weighted by atomic mass is 32.2. The third-order valence-corrected chi connectivity index (χ3v) is 5.62. The van der Waals surface area contributed by atoms with Crippen LogP contribution in [0.25, 0.3) is 0 Å². The number of sulfonamides is 1. The summed E-state index contributed by atoms with van der Waals surface area (Å²) in [6.45, 7) is 1.27. The fourth-order valence-corrected chi connectivity index (χ4v) is 3.09. The molecule has 2 rings (SSSR count). The summed E-state index contributed by atoms with van der Waals surface area (Å²) < 4.78 is 30.1. The molecule has 0 aliphatic carbocycles. The molecule has 2 aromatic rings. The molecule has 0 spiro atoms. The van der Waals surface area contributed by atoms with Gasteiger partial charge in [-0.25, -0.2) is 17.5 Å². The van der Waals surface area contributed by atoms with Crippen LogP contribution in [0.15, 0.2) is 47.4 Å². The second-order valence-corrected chi connectivity index (χ2v) is 8.12. The quantitative estimate of drug-likeness (QED) is 0.571. The molecule has 0 bridgehead atoms. The summed E-state index contributed by atoms with van der Waals surface area (Å²) in [6.07, 6.45) is 0. The topological polar surface area (TPSA) is 119 Å². The number of nitrogens with zero attached hydrogens (tertiary/aromatic N) is 1. The number of carbonyl (C=O) groups is 2. The molecule has 144 valence electrons. The number of rotatable bonds is 6. The lowest BCUT2D eigenvalue weighted by atomic mass is 10.1. The van der Waals surface area contributed by atoms with E-state index in [-0.39, 0.29) is 10.5 Å². The summed E-state index contributed by atoms with van der Waals surface area (Å²) in [5, 5.41) is 2.53. The molecule has 27 heavy (non-hydrogen) atoms. The van der Waals surface area contributed by atoms with E-state index < -0.39 is 28.5 Å². The molecule has 0 radical (unpaired) electrons. The van der Waals surface area contributed by atoms with Gasteiger partial charge in [0.1, 0.15) is 0 Å². The SMILES string of the molecule is Cc1cccc(C(=O)OCC(=O)Nc2ccc(S(=O)(=O)N(C)C)cc2)c1N. The van der Waals surface area contributed by atoms with E-state index in [1.165, 1.54) is 44.4 Å². The van der Waals surface area contributed by atoms with Crippen LogP contribution >= 0.6 is 0 Å². The zero-order valence-corrected chi connectivity index (χ0v) is 16.0. The van der Waals surface area contributed by atoms with Crippen molar-refractivity contribution in [3.05, 3.63) is 53.6 Å². The molecule has 0 saturated carbocycles. The number of benzene rings is 2. The minimum atomic E-state index is -3.54. The van der Waals surface area contributed by atoms with Crippen molar-refractivity contribution in [2.45, 2.75) is 11.8 Å². The van der Waals surface area contributed by atoms with E-state index in [0.29, 0.717) is 11.4 Å². The number of ether oxygens (including phenoxy) is 1. The Morgan fingerprint density at radius 3 is 2.33 bits per heavy atom. The molecule has 0 aromatic heterocycles. The number of carbonyl (C=O) groups excluding carboxylic acids is 2. The van der Waals surface area contributed by atoms with E-state index in [1.807, 2.05) is 0 Å². The Bertz CT molecular complexity index is 953. The normalized spacial score (nSPS) is 11.3. The monoisotopic (exact) mass is 391 g/mol. The molecule has 8 nitrogen and oxygen atoms in total. The van der Waals surface area contributed by atoms with Gasteiger partial charge < -0.3 is 15.8 Å². The van der Waals surface area contributed by atoms with Crippen LogP contribution in [0.2, 0.25) is 0 Å². The number of esters is 1. The number of para-hydroxylation sites is 1. The Morgan fingerprint density at radius 1 is 1.11 bits per heavy atom. The van der Waals surface area contributed by atoms with E-state index in [2.05, 4.69) is 5.32 Å². The highest BCUT2D eigenvalue weighted by molar-refractivity contribution is 7.89. The van der Waals surface area contributed by atoms with Crippen molar-refractivity contribution in [1.29, 1.82) is 0 Å². The molecule has 0 fully saturated rings. The van der Waals surface area contributed by atoms with Crippen molar-refractivity contribution in [2.75, 3.05) is 31.8 Å². The van der Waals surface area contributed by atoms with Crippen LogP contribution in [0.1, 0.15) is 15.9 Å². The number of nitrogens with two attached hydrogens (primary N) is 1. The average Bonchev–Trinajstić information content (AvgIpc) is 2.62. The number of hydrogen-bond donors (Lipinski definition) is 2. The smallest absolute Gasteiger partial charge is 0.340 e. The van der Waals surface area contributed by atoms with Gasteiger partial charge in [0.05, 0.1) is 10.5 Å². The van der Waals surface area contributed by atoms with E-state index in [0.717, 1.165) is 9.87 Å². The van der Waals surface area contributed by atoms with Gasteiger partial charge in [0.2, 0.25) is 10.0 Å². The van der Waals surface area contributed by atoms with Crippen molar-refractivity contribution in [3.63, 3.8) is 0 Å².